The smallest absolute Gasteiger partial charge is 0.308 e. The maximum atomic E-state index is 13.3. The van der Waals surface area contributed by atoms with Crippen molar-refractivity contribution in [2.75, 3.05) is 19.1 Å². The number of rotatable bonds is 6. The van der Waals surface area contributed by atoms with Crippen LogP contribution in [-0.2, 0) is 14.4 Å². The molecule has 4 rings (SSSR count). The first-order valence-electron chi connectivity index (χ1n) is 10.8. The highest BCUT2D eigenvalue weighted by Crippen LogP contribution is 2.43. The number of carbonyl (C=O) groups excluding carboxylic acids is 3. The summed E-state index contributed by atoms with van der Waals surface area (Å²) in [7, 11) is 2.98. The van der Waals surface area contributed by atoms with Crippen LogP contribution >= 0.6 is 11.6 Å². The molecule has 0 spiro atoms. The van der Waals surface area contributed by atoms with E-state index in [4.69, 9.17) is 25.8 Å². The molecule has 1 aliphatic rings. The standard InChI is InChI=1S/C27H22ClNO7/c1-15(30)36-20-9-4-16(5-10-20)24-23(25(31)17-6-13-22(35-3)21(28)14-17)26(32)27(33)29(24)18-7-11-19(34-2)12-8-18/h4-14,24,31H,1-3H3/b25-23-. The van der Waals surface area contributed by atoms with Crippen LogP contribution in [0.1, 0.15) is 24.1 Å². The summed E-state index contributed by atoms with van der Waals surface area (Å²) < 4.78 is 15.5. The van der Waals surface area contributed by atoms with Gasteiger partial charge in [-0.05, 0) is 60.2 Å². The van der Waals surface area contributed by atoms with E-state index in [0.29, 0.717) is 28.5 Å². The third kappa shape index (κ3) is 4.63. The second-order valence-corrected chi connectivity index (χ2v) is 8.29. The van der Waals surface area contributed by atoms with Crippen molar-refractivity contribution >= 4 is 40.7 Å². The number of ether oxygens (including phenoxy) is 3. The van der Waals surface area contributed by atoms with Crippen LogP contribution in [0.3, 0.4) is 0 Å². The van der Waals surface area contributed by atoms with Crippen molar-refractivity contribution in [3.05, 3.63) is 88.5 Å². The second-order valence-electron chi connectivity index (χ2n) is 7.88. The van der Waals surface area contributed by atoms with Gasteiger partial charge in [0.1, 0.15) is 23.0 Å². The zero-order valence-electron chi connectivity index (χ0n) is 19.7. The molecule has 3 aromatic carbocycles. The van der Waals surface area contributed by atoms with Gasteiger partial charge in [-0.3, -0.25) is 19.3 Å². The number of hydrogen-bond donors (Lipinski definition) is 1. The molecule has 0 aliphatic carbocycles. The van der Waals surface area contributed by atoms with Crippen LogP contribution in [-0.4, -0.2) is 37.0 Å². The van der Waals surface area contributed by atoms with Gasteiger partial charge in [-0.1, -0.05) is 23.7 Å². The van der Waals surface area contributed by atoms with Crippen molar-refractivity contribution in [3.63, 3.8) is 0 Å². The monoisotopic (exact) mass is 507 g/mol. The average Bonchev–Trinajstić information content (AvgIpc) is 3.14. The van der Waals surface area contributed by atoms with E-state index < -0.39 is 23.7 Å². The number of Topliss-reactive ketones (excluding diaryl/α,β-unsaturated/α-hetero) is 1. The zero-order valence-corrected chi connectivity index (χ0v) is 20.4. The van der Waals surface area contributed by atoms with E-state index in [0.717, 1.165) is 0 Å². The minimum absolute atomic E-state index is 0.114. The van der Waals surface area contributed by atoms with Crippen molar-refractivity contribution in [2.24, 2.45) is 0 Å². The van der Waals surface area contributed by atoms with Crippen molar-refractivity contribution in [1.29, 1.82) is 0 Å². The van der Waals surface area contributed by atoms with Gasteiger partial charge in [0.25, 0.3) is 11.7 Å². The van der Waals surface area contributed by atoms with Gasteiger partial charge in [-0.15, -0.1) is 0 Å². The van der Waals surface area contributed by atoms with E-state index in [1.807, 2.05) is 0 Å². The number of benzene rings is 3. The number of anilines is 1. The van der Waals surface area contributed by atoms with Gasteiger partial charge in [0.15, 0.2) is 0 Å². The van der Waals surface area contributed by atoms with Crippen LogP contribution in [0.15, 0.2) is 72.3 Å². The molecule has 8 nitrogen and oxygen atoms in total. The summed E-state index contributed by atoms with van der Waals surface area (Å²) in [5.74, 6) is -1.27. The van der Waals surface area contributed by atoms with Gasteiger partial charge in [0, 0.05) is 18.2 Å². The molecule has 9 heteroatoms. The normalized spacial score (nSPS) is 16.7. The summed E-state index contributed by atoms with van der Waals surface area (Å²) in [5.41, 5.74) is 1.08. The SMILES string of the molecule is COc1ccc(N2C(=O)C(=O)/C(=C(\O)c3ccc(OC)c(Cl)c3)C2c2ccc(OC(C)=O)cc2)cc1. The molecule has 1 aliphatic heterocycles. The summed E-state index contributed by atoms with van der Waals surface area (Å²) in [5, 5.41) is 11.5. The van der Waals surface area contributed by atoms with Crippen LogP contribution in [0, 0.1) is 0 Å². The Labute approximate surface area is 212 Å². The number of ketones is 1. The zero-order chi connectivity index (χ0) is 26.0. The molecule has 1 heterocycles. The molecule has 1 fully saturated rings. The molecule has 36 heavy (non-hydrogen) atoms. The van der Waals surface area contributed by atoms with Crippen LogP contribution in [0.5, 0.6) is 17.2 Å². The Bertz CT molecular complexity index is 1360. The summed E-state index contributed by atoms with van der Waals surface area (Å²) in [6.07, 6.45) is 0. The second kappa shape index (κ2) is 10.1. The number of methoxy groups -OCH3 is 2. The first-order chi connectivity index (χ1) is 17.2. The van der Waals surface area contributed by atoms with Gasteiger partial charge in [-0.25, -0.2) is 0 Å². The van der Waals surface area contributed by atoms with Crippen molar-refractivity contribution in [3.8, 4) is 17.2 Å². The fraction of sp³-hybridized carbons (Fsp3) is 0.148. The van der Waals surface area contributed by atoms with Crippen LogP contribution in [0.25, 0.3) is 5.76 Å². The average molecular weight is 508 g/mol. The van der Waals surface area contributed by atoms with Crippen molar-refractivity contribution in [2.45, 2.75) is 13.0 Å². The molecular weight excluding hydrogens is 486 g/mol. The van der Waals surface area contributed by atoms with Crippen LogP contribution in [0.4, 0.5) is 5.69 Å². The van der Waals surface area contributed by atoms with Gasteiger partial charge in [-0.2, -0.15) is 0 Å². The molecule has 1 atom stereocenters. The minimum Gasteiger partial charge on any atom is -0.507 e. The van der Waals surface area contributed by atoms with E-state index in [9.17, 15) is 19.5 Å². The number of halogens is 1. The lowest BCUT2D eigenvalue weighted by molar-refractivity contribution is -0.132. The summed E-state index contributed by atoms with van der Waals surface area (Å²) in [4.78, 5) is 39.1. The van der Waals surface area contributed by atoms with Crippen molar-refractivity contribution in [1.82, 2.24) is 0 Å². The maximum Gasteiger partial charge on any atom is 0.308 e. The third-order valence-corrected chi connectivity index (χ3v) is 5.97. The Hall–Kier alpha value is -4.30. The molecule has 3 aromatic rings. The first-order valence-corrected chi connectivity index (χ1v) is 11.2. The number of aliphatic hydroxyl groups is 1. The Morgan fingerprint density at radius 3 is 2.11 bits per heavy atom. The summed E-state index contributed by atoms with van der Waals surface area (Å²) >= 11 is 6.24. The number of carbonyl (C=O) groups is 3. The van der Waals surface area contributed by atoms with Crippen LogP contribution < -0.4 is 19.1 Å². The largest absolute Gasteiger partial charge is 0.507 e. The molecule has 1 saturated heterocycles. The van der Waals surface area contributed by atoms with E-state index in [1.165, 1.54) is 32.1 Å². The lowest BCUT2D eigenvalue weighted by Crippen LogP contribution is -2.29. The van der Waals surface area contributed by atoms with Gasteiger partial charge in [0.2, 0.25) is 0 Å². The Kier molecular flexibility index (Phi) is 6.98. The Balaban J connectivity index is 1.89. The molecule has 0 saturated carbocycles. The molecule has 1 amide bonds. The molecule has 1 unspecified atom stereocenters. The predicted molar refractivity (Wildman–Crippen MR) is 134 cm³/mol. The first kappa shape index (κ1) is 24.8. The molecule has 0 bridgehead atoms. The highest BCUT2D eigenvalue weighted by Gasteiger charge is 2.47. The molecule has 1 N–H and O–H groups in total. The number of hydrogen-bond acceptors (Lipinski definition) is 7. The van der Waals surface area contributed by atoms with E-state index >= 15 is 0 Å². The minimum atomic E-state index is -0.967. The third-order valence-electron chi connectivity index (χ3n) is 5.68. The number of aliphatic hydroxyl groups excluding tert-OH is 1. The van der Waals surface area contributed by atoms with E-state index in [2.05, 4.69) is 0 Å². The highest BCUT2D eigenvalue weighted by atomic mass is 35.5. The topological polar surface area (TPSA) is 102 Å². The van der Waals surface area contributed by atoms with Gasteiger partial charge < -0.3 is 19.3 Å². The molecular formula is C27H22ClNO7. The highest BCUT2D eigenvalue weighted by molar-refractivity contribution is 6.51. The lowest BCUT2D eigenvalue weighted by Gasteiger charge is -2.25. The fourth-order valence-electron chi connectivity index (χ4n) is 4.01. The Morgan fingerprint density at radius 1 is 0.917 bits per heavy atom. The fourth-order valence-corrected chi connectivity index (χ4v) is 4.27. The quantitative estimate of drug-likeness (QED) is 0.166. The summed E-state index contributed by atoms with van der Waals surface area (Å²) in [6, 6.07) is 16.6. The number of esters is 1. The van der Waals surface area contributed by atoms with E-state index in [-0.39, 0.29) is 21.9 Å². The lowest BCUT2D eigenvalue weighted by atomic mass is 9.95. The number of amides is 1. The maximum absolute atomic E-state index is 13.3. The summed E-state index contributed by atoms with van der Waals surface area (Å²) in [6.45, 7) is 1.28. The van der Waals surface area contributed by atoms with Crippen molar-refractivity contribution < 1.29 is 33.7 Å². The van der Waals surface area contributed by atoms with E-state index in [1.54, 1.807) is 60.7 Å². The van der Waals surface area contributed by atoms with Gasteiger partial charge >= 0.3 is 5.97 Å². The molecule has 0 radical (unpaired) electrons. The molecule has 0 aromatic heterocycles. The van der Waals surface area contributed by atoms with Crippen LogP contribution in [0.2, 0.25) is 5.02 Å². The van der Waals surface area contributed by atoms with Gasteiger partial charge in [0.05, 0.1) is 30.9 Å². The predicted octanol–water partition coefficient (Wildman–Crippen LogP) is 4.91. The Morgan fingerprint density at radius 2 is 1.56 bits per heavy atom. The number of nitrogens with zero attached hydrogens (tertiary/aromatic N) is 1. The molecule has 184 valence electrons.